The lowest BCUT2D eigenvalue weighted by atomic mass is 9.83. The number of rotatable bonds is 3. The van der Waals surface area contributed by atoms with E-state index in [0.29, 0.717) is 33.3 Å². The van der Waals surface area contributed by atoms with Crippen LogP contribution in [0.1, 0.15) is 41.4 Å². The Morgan fingerprint density at radius 3 is 1.59 bits per heavy atom. The zero-order valence-corrected chi connectivity index (χ0v) is 20.0. The van der Waals surface area contributed by atoms with Gasteiger partial charge in [-0.2, -0.15) is 0 Å². The molecule has 0 unspecified atom stereocenters. The summed E-state index contributed by atoms with van der Waals surface area (Å²) >= 11 is 1.44. The molecular weight excluding hydrogens is 484 g/mol. The van der Waals surface area contributed by atoms with Crippen LogP contribution in [0, 0.1) is 0 Å². The van der Waals surface area contributed by atoms with E-state index in [4.69, 9.17) is 0 Å². The van der Waals surface area contributed by atoms with Crippen LogP contribution in [0.3, 0.4) is 0 Å². The van der Waals surface area contributed by atoms with Crippen LogP contribution in [0.5, 0.6) is 0 Å². The molecule has 1 aromatic heterocycles. The zero-order valence-electron chi connectivity index (χ0n) is 19.2. The van der Waals surface area contributed by atoms with Gasteiger partial charge in [0.15, 0.2) is 0 Å². The summed E-state index contributed by atoms with van der Waals surface area (Å²) in [6, 6.07) is 26.1. The normalized spacial score (nSPS) is 14.6. The summed E-state index contributed by atoms with van der Waals surface area (Å²) in [4.78, 5) is 58.3. The Labute approximate surface area is 215 Å². The average molecular weight is 501 g/mol. The van der Waals surface area contributed by atoms with E-state index in [0.717, 1.165) is 9.78 Å². The minimum absolute atomic E-state index is 0.282. The van der Waals surface area contributed by atoms with Crippen LogP contribution < -0.4 is 9.80 Å². The quantitative estimate of drug-likeness (QED) is 0.278. The number of thiophene rings is 1. The maximum Gasteiger partial charge on any atom is 0.266 e. The van der Waals surface area contributed by atoms with Gasteiger partial charge in [0.2, 0.25) is 0 Å². The Hall–Kier alpha value is -4.88. The molecule has 0 N–H and O–H groups in total. The third-order valence-electron chi connectivity index (χ3n) is 6.82. The number of anilines is 2. The van der Waals surface area contributed by atoms with Gasteiger partial charge in [-0.1, -0.05) is 42.5 Å². The number of amides is 4. The molecule has 0 saturated heterocycles. The van der Waals surface area contributed by atoms with E-state index < -0.39 is 23.6 Å². The smallest absolute Gasteiger partial charge is 0.266 e. The molecule has 3 heterocycles. The first-order chi connectivity index (χ1) is 18.1. The van der Waals surface area contributed by atoms with E-state index in [-0.39, 0.29) is 16.7 Å². The maximum absolute atomic E-state index is 14.0. The molecule has 37 heavy (non-hydrogen) atoms. The predicted molar refractivity (Wildman–Crippen MR) is 142 cm³/mol. The van der Waals surface area contributed by atoms with Crippen LogP contribution in [-0.4, -0.2) is 23.6 Å². The van der Waals surface area contributed by atoms with Crippen molar-refractivity contribution in [2.45, 2.75) is 0 Å². The lowest BCUT2D eigenvalue weighted by Crippen LogP contribution is -2.43. The van der Waals surface area contributed by atoms with Crippen molar-refractivity contribution >= 4 is 57.1 Å². The van der Waals surface area contributed by atoms with Gasteiger partial charge in [-0.25, -0.2) is 9.80 Å². The largest absolute Gasteiger partial charge is 0.268 e. The van der Waals surface area contributed by atoms with E-state index >= 15 is 0 Å². The van der Waals surface area contributed by atoms with Gasteiger partial charge in [-0.15, -0.1) is 11.3 Å². The molecule has 7 heteroatoms. The van der Waals surface area contributed by atoms with E-state index in [9.17, 15) is 19.2 Å². The zero-order chi connectivity index (χ0) is 25.3. The van der Waals surface area contributed by atoms with E-state index in [1.54, 1.807) is 66.7 Å². The van der Waals surface area contributed by atoms with Crippen LogP contribution in [0.15, 0.2) is 96.4 Å². The Kier molecular flexibility index (Phi) is 4.52. The standard InChI is InChI=1S/C30H16N2O4S/c33-27-19-13-14-20-25-24(19)22(29(35)31(27)17-8-3-1-4-9-17)16-21(23-12-7-15-37-23)26(25)30(36)32(28(20)34)18-10-5-2-6-11-18/h1-16H. The van der Waals surface area contributed by atoms with Crippen molar-refractivity contribution in [2.75, 3.05) is 9.80 Å². The minimum atomic E-state index is -0.491. The first kappa shape index (κ1) is 21.4. The summed E-state index contributed by atoms with van der Waals surface area (Å²) in [5.41, 5.74) is 2.64. The molecule has 0 bridgehead atoms. The minimum Gasteiger partial charge on any atom is -0.268 e. The molecule has 0 atom stereocenters. The van der Waals surface area contributed by atoms with E-state index in [2.05, 4.69) is 0 Å². The van der Waals surface area contributed by atoms with Crippen LogP contribution in [0.25, 0.3) is 21.2 Å². The third kappa shape index (κ3) is 2.92. The van der Waals surface area contributed by atoms with Crippen molar-refractivity contribution in [3.8, 4) is 10.4 Å². The monoisotopic (exact) mass is 500 g/mol. The van der Waals surface area contributed by atoms with Crippen LogP contribution in [0.4, 0.5) is 11.4 Å². The van der Waals surface area contributed by atoms with E-state index in [1.165, 1.54) is 16.2 Å². The van der Waals surface area contributed by atoms with Crippen LogP contribution >= 0.6 is 11.3 Å². The molecule has 0 fully saturated rings. The molecule has 7 rings (SSSR count). The summed E-state index contributed by atoms with van der Waals surface area (Å²) < 4.78 is 0. The second-order valence-electron chi connectivity index (χ2n) is 8.80. The molecule has 0 spiro atoms. The molecule has 6 nitrogen and oxygen atoms in total. The van der Waals surface area contributed by atoms with Gasteiger partial charge >= 0.3 is 0 Å². The molecule has 176 valence electrons. The SMILES string of the molecule is O=C1c2ccc3c4c(c(-c5cccs5)cc(c24)C(=O)N1c1ccccc1)C(=O)N(c1ccccc1)C3=O. The highest BCUT2D eigenvalue weighted by atomic mass is 32.1. The second-order valence-corrected chi connectivity index (χ2v) is 9.74. The fourth-order valence-corrected chi connectivity index (χ4v) is 5.97. The predicted octanol–water partition coefficient (Wildman–Crippen LogP) is 6.17. The molecule has 4 amide bonds. The lowest BCUT2D eigenvalue weighted by molar-refractivity contribution is 0.0873. The highest BCUT2D eigenvalue weighted by molar-refractivity contribution is 7.13. The second kappa shape index (κ2) is 7.81. The molecule has 5 aromatic rings. The summed E-state index contributed by atoms with van der Waals surface area (Å²) in [7, 11) is 0. The summed E-state index contributed by atoms with van der Waals surface area (Å²) in [6.07, 6.45) is 0. The van der Waals surface area contributed by atoms with Crippen molar-refractivity contribution in [1.29, 1.82) is 0 Å². The molecule has 0 saturated carbocycles. The first-order valence-corrected chi connectivity index (χ1v) is 12.5. The number of para-hydroxylation sites is 2. The van der Waals surface area contributed by atoms with Gasteiger partial charge in [-0.3, -0.25) is 19.2 Å². The number of carbonyl (C=O) groups excluding carboxylic acids is 4. The van der Waals surface area contributed by atoms with Crippen molar-refractivity contribution < 1.29 is 19.2 Å². The highest BCUT2D eigenvalue weighted by Gasteiger charge is 2.42. The number of benzene rings is 4. The topological polar surface area (TPSA) is 74.8 Å². The van der Waals surface area contributed by atoms with Crippen molar-refractivity contribution in [1.82, 2.24) is 0 Å². The van der Waals surface area contributed by atoms with Crippen molar-refractivity contribution in [3.63, 3.8) is 0 Å². The highest BCUT2D eigenvalue weighted by Crippen LogP contribution is 2.44. The third-order valence-corrected chi connectivity index (χ3v) is 7.72. The van der Waals surface area contributed by atoms with Gasteiger partial charge in [0, 0.05) is 37.9 Å². The number of nitrogens with zero attached hydrogens (tertiary/aromatic N) is 2. The first-order valence-electron chi connectivity index (χ1n) is 11.6. The van der Waals surface area contributed by atoms with E-state index in [1.807, 2.05) is 29.6 Å². The van der Waals surface area contributed by atoms with Gasteiger partial charge in [0.1, 0.15) is 0 Å². The molecule has 4 aromatic carbocycles. The average Bonchev–Trinajstić information content (AvgIpc) is 3.47. The molecule has 0 aliphatic carbocycles. The molecule has 2 aliphatic heterocycles. The van der Waals surface area contributed by atoms with Crippen molar-refractivity contribution in [3.05, 3.63) is 119 Å². The fourth-order valence-electron chi connectivity index (χ4n) is 5.22. The Balaban J connectivity index is 1.57. The van der Waals surface area contributed by atoms with Crippen LogP contribution in [-0.2, 0) is 0 Å². The fraction of sp³-hybridized carbons (Fsp3) is 0. The Bertz CT molecular complexity index is 1790. The molecule has 0 radical (unpaired) electrons. The number of hydrogen-bond acceptors (Lipinski definition) is 5. The number of carbonyl (C=O) groups is 4. The Morgan fingerprint density at radius 2 is 1.03 bits per heavy atom. The lowest BCUT2D eigenvalue weighted by Gasteiger charge is -2.33. The van der Waals surface area contributed by atoms with Gasteiger partial charge < -0.3 is 0 Å². The molecular formula is C30H16N2O4S. The maximum atomic E-state index is 14.0. The Morgan fingerprint density at radius 1 is 0.486 bits per heavy atom. The number of hydrogen-bond donors (Lipinski definition) is 0. The summed E-state index contributed by atoms with van der Waals surface area (Å²) in [5, 5.41) is 2.60. The summed E-state index contributed by atoms with van der Waals surface area (Å²) in [5.74, 6) is -1.96. The van der Waals surface area contributed by atoms with Gasteiger partial charge in [0.05, 0.1) is 16.9 Å². The van der Waals surface area contributed by atoms with Crippen molar-refractivity contribution in [2.24, 2.45) is 0 Å². The summed E-state index contributed by atoms with van der Waals surface area (Å²) in [6.45, 7) is 0. The molecule has 2 aliphatic rings. The van der Waals surface area contributed by atoms with Gasteiger partial charge in [0.25, 0.3) is 23.6 Å². The van der Waals surface area contributed by atoms with Gasteiger partial charge in [-0.05, 0) is 53.9 Å². The van der Waals surface area contributed by atoms with Crippen LogP contribution in [0.2, 0.25) is 0 Å². The number of imide groups is 2.